The maximum atomic E-state index is 13.2. The summed E-state index contributed by atoms with van der Waals surface area (Å²) in [5, 5.41) is 5.19. The highest BCUT2D eigenvalue weighted by atomic mass is 32.2. The third kappa shape index (κ3) is 3.49. The molecule has 0 amide bonds. The van der Waals surface area contributed by atoms with Crippen molar-refractivity contribution in [2.75, 3.05) is 0 Å². The average Bonchev–Trinajstić information content (AvgIpc) is 3.00. The van der Waals surface area contributed by atoms with Crippen molar-refractivity contribution >= 4 is 10.0 Å². The zero-order valence-electron chi connectivity index (χ0n) is 13.0. The largest absolute Gasteiger partial charge is 0.417 e. The number of primary sulfonamides is 1. The van der Waals surface area contributed by atoms with Gasteiger partial charge in [0, 0.05) is 17.4 Å². The van der Waals surface area contributed by atoms with Crippen LogP contribution in [0.5, 0.6) is 0 Å². The molecule has 0 aliphatic heterocycles. The molecule has 2 N–H and O–H groups in total. The van der Waals surface area contributed by atoms with Crippen LogP contribution in [-0.2, 0) is 16.2 Å². The molecule has 1 aromatic heterocycles. The highest BCUT2D eigenvalue weighted by Gasteiger charge is 2.33. The van der Waals surface area contributed by atoms with Crippen molar-refractivity contribution in [3.63, 3.8) is 0 Å². The SMILES string of the molecule is NS(=O)(=O)c1ccccc1-c1cc(C(F)(F)F)cn1-c1ccc(F)cc1. The molecule has 2 aromatic carbocycles. The molecule has 3 rings (SSSR count). The van der Waals surface area contributed by atoms with E-state index in [4.69, 9.17) is 5.14 Å². The molecule has 1 heterocycles. The van der Waals surface area contributed by atoms with Crippen molar-refractivity contribution in [1.29, 1.82) is 0 Å². The molecular formula is C17H12F4N2O2S. The molecule has 0 atom stereocenters. The number of sulfonamides is 1. The molecule has 0 fully saturated rings. The topological polar surface area (TPSA) is 65.1 Å². The average molecular weight is 384 g/mol. The number of benzene rings is 2. The van der Waals surface area contributed by atoms with Gasteiger partial charge in [0.2, 0.25) is 10.0 Å². The van der Waals surface area contributed by atoms with Crippen molar-refractivity contribution in [2.45, 2.75) is 11.1 Å². The Kier molecular flexibility index (Phi) is 4.37. The second-order valence-corrected chi connectivity index (χ2v) is 7.03. The summed E-state index contributed by atoms with van der Waals surface area (Å²) >= 11 is 0. The van der Waals surface area contributed by atoms with E-state index in [9.17, 15) is 26.0 Å². The molecule has 9 heteroatoms. The van der Waals surface area contributed by atoms with E-state index < -0.39 is 27.6 Å². The predicted octanol–water partition coefficient (Wildman–Crippen LogP) is 3.95. The van der Waals surface area contributed by atoms with E-state index in [2.05, 4.69) is 0 Å². The van der Waals surface area contributed by atoms with Crippen LogP contribution < -0.4 is 5.14 Å². The summed E-state index contributed by atoms with van der Waals surface area (Å²) in [6.07, 6.45) is -3.82. The van der Waals surface area contributed by atoms with Crippen LogP contribution >= 0.6 is 0 Å². The fourth-order valence-electron chi connectivity index (χ4n) is 2.57. The maximum Gasteiger partial charge on any atom is 0.417 e. The van der Waals surface area contributed by atoms with Crippen LogP contribution in [0.15, 0.2) is 65.7 Å². The van der Waals surface area contributed by atoms with E-state index in [0.29, 0.717) is 0 Å². The Balaban J connectivity index is 2.31. The third-order valence-electron chi connectivity index (χ3n) is 3.72. The number of nitrogens with zero attached hydrogens (tertiary/aromatic N) is 1. The molecule has 26 heavy (non-hydrogen) atoms. The standard InChI is InChI=1S/C17H12F4N2O2S/c18-12-5-7-13(8-6-12)23-10-11(17(19,20)21)9-15(23)14-3-1-2-4-16(14)26(22,24)25/h1-10H,(H2,22,24,25). The van der Waals surface area contributed by atoms with Gasteiger partial charge >= 0.3 is 6.18 Å². The van der Waals surface area contributed by atoms with Crippen molar-refractivity contribution in [1.82, 2.24) is 4.57 Å². The molecule has 0 saturated heterocycles. The zero-order valence-corrected chi connectivity index (χ0v) is 13.9. The summed E-state index contributed by atoms with van der Waals surface area (Å²) in [7, 11) is -4.17. The number of halogens is 4. The van der Waals surface area contributed by atoms with E-state index >= 15 is 0 Å². The Bertz CT molecular complexity index is 1060. The Morgan fingerprint density at radius 1 is 0.962 bits per heavy atom. The molecule has 0 spiro atoms. The summed E-state index contributed by atoms with van der Waals surface area (Å²) in [4.78, 5) is -0.310. The lowest BCUT2D eigenvalue weighted by molar-refractivity contribution is -0.137. The minimum absolute atomic E-state index is 0.00910. The van der Waals surface area contributed by atoms with E-state index in [1.54, 1.807) is 0 Å². The number of rotatable bonds is 3. The van der Waals surface area contributed by atoms with Gasteiger partial charge in [0.25, 0.3) is 0 Å². The first-order chi connectivity index (χ1) is 12.1. The molecule has 0 unspecified atom stereocenters. The van der Waals surface area contributed by atoms with Crippen LogP contribution in [0.3, 0.4) is 0 Å². The van der Waals surface area contributed by atoms with E-state index in [1.165, 1.54) is 36.4 Å². The van der Waals surface area contributed by atoms with Gasteiger partial charge < -0.3 is 4.57 Å². The summed E-state index contributed by atoms with van der Waals surface area (Å²) < 4.78 is 77.5. The van der Waals surface area contributed by atoms with E-state index in [0.717, 1.165) is 29.0 Å². The first-order valence-electron chi connectivity index (χ1n) is 7.25. The Morgan fingerprint density at radius 3 is 2.15 bits per heavy atom. The van der Waals surface area contributed by atoms with Crippen LogP contribution in [-0.4, -0.2) is 13.0 Å². The van der Waals surface area contributed by atoms with Gasteiger partial charge in [0.05, 0.1) is 16.2 Å². The molecule has 3 aromatic rings. The lowest BCUT2D eigenvalue weighted by atomic mass is 10.1. The Morgan fingerprint density at radius 2 is 1.58 bits per heavy atom. The fraction of sp³-hybridized carbons (Fsp3) is 0.0588. The highest BCUT2D eigenvalue weighted by Crippen LogP contribution is 2.37. The zero-order chi connectivity index (χ0) is 19.1. The Hall–Kier alpha value is -2.65. The summed E-state index contributed by atoms with van der Waals surface area (Å²) in [6.45, 7) is 0. The van der Waals surface area contributed by atoms with Gasteiger partial charge in [-0.3, -0.25) is 0 Å². The number of nitrogens with two attached hydrogens (primary N) is 1. The number of alkyl halides is 3. The molecule has 4 nitrogen and oxygen atoms in total. The Labute approximate surface area is 146 Å². The fourth-order valence-corrected chi connectivity index (χ4v) is 3.31. The van der Waals surface area contributed by atoms with Crippen molar-refractivity contribution in [3.05, 3.63) is 72.2 Å². The van der Waals surface area contributed by atoms with Crippen LogP contribution in [0.25, 0.3) is 16.9 Å². The van der Waals surface area contributed by atoms with Crippen LogP contribution in [0.4, 0.5) is 17.6 Å². The van der Waals surface area contributed by atoms with Gasteiger partial charge in [-0.1, -0.05) is 18.2 Å². The molecular weight excluding hydrogens is 372 g/mol. The molecule has 0 aliphatic carbocycles. The lowest BCUT2D eigenvalue weighted by Crippen LogP contribution is -2.13. The molecule has 0 saturated carbocycles. The van der Waals surface area contributed by atoms with Gasteiger partial charge in [-0.05, 0) is 36.4 Å². The quantitative estimate of drug-likeness (QED) is 0.695. The maximum absolute atomic E-state index is 13.2. The number of hydrogen-bond acceptors (Lipinski definition) is 2. The van der Waals surface area contributed by atoms with Gasteiger partial charge in [0.1, 0.15) is 5.82 Å². The van der Waals surface area contributed by atoms with Gasteiger partial charge in [0.15, 0.2) is 0 Å². The third-order valence-corrected chi connectivity index (χ3v) is 4.69. The molecule has 136 valence electrons. The summed E-state index contributed by atoms with van der Waals surface area (Å²) in [5.41, 5.74) is -0.759. The molecule has 0 radical (unpaired) electrons. The van der Waals surface area contributed by atoms with Gasteiger partial charge in [-0.25, -0.2) is 17.9 Å². The van der Waals surface area contributed by atoms with Gasteiger partial charge in [-0.15, -0.1) is 0 Å². The minimum Gasteiger partial charge on any atom is -0.316 e. The second kappa shape index (κ2) is 6.26. The van der Waals surface area contributed by atoms with Crippen LogP contribution in [0.2, 0.25) is 0 Å². The van der Waals surface area contributed by atoms with Crippen LogP contribution in [0, 0.1) is 5.82 Å². The molecule has 0 bridgehead atoms. The second-order valence-electron chi connectivity index (χ2n) is 5.50. The monoisotopic (exact) mass is 384 g/mol. The predicted molar refractivity (Wildman–Crippen MR) is 87.5 cm³/mol. The van der Waals surface area contributed by atoms with Crippen LogP contribution in [0.1, 0.15) is 5.56 Å². The van der Waals surface area contributed by atoms with Crippen molar-refractivity contribution in [2.24, 2.45) is 5.14 Å². The normalized spacial score (nSPS) is 12.3. The van der Waals surface area contributed by atoms with Crippen molar-refractivity contribution < 1.29 is 26.0 Å². The van der Waals surface area contributed by atoms with E-state index in [1.807, 2.05) is 0 Å². The smallest absolute Gasteiger partial charge is 0.316 e. The van der Waals surface area contributed by atoms with E-state index in [-0.39, 0.29) is 21.8 Å². The number of hydrogen-bond donors (Lipinski definition) is 1. The first kappa shape index (κ1) is 18.2. The van der Waals surface area contributed by atoms with Gasteiger partial charge in [-0.2, -0.15) is 13.2 Å². The summed E-state index contributed by atoms with van der Waals surface area (Å²) in [5.74, 6) is -0.552. The lowest BCUT2D eigenvalue weighted by Gasteiger charge is -2.12. The minimum atomic E-state index is -4.64. The summed E-state index contributed by atoms with van der Waals surface area (Å²) in [6, 6.07) is 11.1. The number of aromatic nitrogens is 1. The molecule has 0 aliphatic rings. The first-order valence-corrected chi connectivity index (χ1v) is 8.80. The highest BCUT2D eigenvalue weighted by molar-refractivity contribution is 7.89. The van der Waals surface area contributed by atoms with Crippen molar-refractivity contribution in [3.8, 4) is 16.9 Å².